The second-order valence-electron chi connectivity index (χ2n) is 6.85. The molecule has 2 aliphatic rings. The Kier molecular flexibility index (Phi) is 5.46. The van der Waals surface area contributed by atoms with Gasteiger partial charge < -0.3 is 15.3 Å². The van der Waals surface area contributed by atoms with Crippen LogP contribution in [0.15, 0.2) is 18.2 Å². The smallest absolute Gasteiger partial charge is 0.307 e. The van der Waals surface area contributed by atoms with Crippen LogP contribution in [0.2, 0.25) is 5.02 Å². The monoisotopic (exact) mass is 382 g/mol. The summed E-state index contributed by atoms with van der Waals surface area (Å²) in [7, 11) is 0. The molecule has 2 atom stereocenters. The van der Waals surface area contributed by atoms with Gasteiger partial charge >= 0.3 is 5.97 Å². The Labute approximate surface area is 155 Å². The first-order chi connectivity index (χ1) is 12.4. The van der Waals surface area contributed by atoms with Gasteiger partial charge in [0.05, 0.1) is 16.9 Å². The van der Waals surface area contributed by atoms with Gasteiger partial charge in [0.1, 0.15) is 5.82 Å². The highest BCUT2D eigenvalue weighted by molar-refractivity contribution is 6.31. The molecule has 26 heavy (non-hydrogen) atoms. The molecule has 0 spiro atoms. The summed E-state index contributed by atoms with van der Waals surface area (Å²) in [6, 6.07) is 3.99. The first-order valence-electron chi connectivity index (χ1n) is 8.64. The third-order valence-electron chi connectivity index (χ3n) is 5.27. The van der Waals surface area contributed by atoms with Crippen LogP contribution in [0.4, 0.5) is 10.1 Å². The quantitative estimate of drug-likeness (QED) is 0.838. The second-order valence-corrected chi connectivity index (χ2v) is 7.25. The molecule has 1 saturated heterocycles. The molecule has 2 fully saturated rings. The number of rotatable bonds is 4. The third kappa shape index (κ3) is 3.82. The van der Waals surface area contributed by atoms with Gasteiger partial charge in [-0.3, -0.25) is 14.4 Å². The Balaban J connectivity index is 1.51. The number of anilines is 1. The molecule has 6 nitrogen and oxygen atoms in total. The van der Waals surface area contributed by atoms with Gasteiger partial charge in [0, 0.05) is 24.7 Å². The molecule has 140 valence electrons. The van der Waals surface area contributed by atoms with E-state index in [-0.39, 0.29) is 22.8 Å². The van der Waals surface area contributed by atoms with Gasteiger partial charge in [0.15, 0.2) is 0 Å². The van der Waals surface area contributed by atoms with E-state index in [0.29, 0.717) is 44.5 Å². The molecule has 0 aromatic heterocycles. The molecule has 1 aliphatic heterocycles. The molecule has 0 bridgehead atoms. The van der Waals surface area contributed by atoms with E-state index >= 15 is 0 Å². The maximum atomic E-state index is 13.2. The van der Waals surface area contributed by atoms with Gasteiger partial charge in [-0.25, -0.2) is 4.39 Å². The summed E-state index contributed by atoms with van der Waals surface area (Å²) in [4.78, 5) is 37.5. The van der Waals surface area contributed by atoms with Crippen molar-refractivity contribution in [3.8, 4) is 0 Å². The minimum atomic E-state index is -0.915. The first kappa shape index (κ1) is 18.6. The highest BCUT2D eigenvalue weighted by Crippen LogP contribution is 2.36. The Morgan fingerprint density at radius 1 is 1.12 bits per heavy atom. The molecule has 2 N–H and O–H groups in total. The minimum Gasteiger partial charge on any atom is -0.481 e. The lowest BCUT2D eigenvalue weighted by Crippen LogP contribution is -2.49. The zero-order valence-electron chi connectivity index (χ0n) is 14.1. The van der Waals surface area contributed by atoms with Crippen LogP contribution in [0.25, 0.3) is 0 Å². The molecule has 1 aromatic carbocycles. The number of likely N-dealkylation sites (tertiary alicyclic amines) is 1. The number of halogens is 2. The van der Waals surface area contributed by atoms with Crippen LogP contribution in [-0.2, 0) is 14.4 Å². The van der Waals surface area contributed by atoms with Crippen molar-refractivity contribution in [2.75, 3.05) is 18.4 Å². The van der Waals surface area contributed by atoms with Crippen molar-refractivity contribution >= 4 is 35.1 Å². The van der Waals surface area contributed by atoms with Gasteiger partial charge in [-0.05, 0) is 43.9 Å². The first-order valence-corrected chi connectivity index (χ1v) is 9.02. The van der Waals surface area contributed by atoms with Crippen LogP contribution < -0.4 is 5.32 Å². The summed E-state index contributed by atoms with van der Waals surface area (Å²) in [5, 5.41) is 11.7. The van der Waals surface area contributed by atoms with E-state index in [1.807, 2.05) is 0 Å². The Morgan fingerprint density at radius 2 is 1.77 bits per heavy atom. The second kappa shape index (κ2) is 7.61. The SMILES string of the molecule is O=C(Nc1ccc(F)c(Cl)c1)C1CCN(C(=O)C2CCC2C(=O)O)CC1. The van der Waals surface area contributed by atoms with Crippen molar-refractivity contribution in [2.24, 2.45) is 17.8 Å². The number of amides is 2. The van der Waals surface area contributed by atoms with Crippen LogP contribution in [-0.4, -0.2) is 40.9 Å². The summed E-state index contributed by atoms with van der Waals surface area (Å²) in [6.45, 7) is 0.869. The lowest BCUT2D eigenvalue weighted by Gasteiger charge is -2.39. The van der Waals surface area contributed by atoms with Crippen LogP contribution in [0, 0.1) is 23.6 Å². The van der Waals surface area contributed by atoms with E-state index in [9.17, 15) is 18.8 Å². The van der Waals surface area contributed by atoms with Crippen molar-refractivity contribution in [3.63, 3.8) is 0 Å². The van der Waals surface area contributed by atoms with E-state index in [2.05, 4.69) is 5.32 Å². The van der Waals surface area contributed by atoms with E-state index in [4.69, 9.17) is 16.7 Å². The van der Waals surface area contributed by atoms with Crippen molar-refractivity contribution in [1.29, 1.82) is 0 Å². The standard InChI is InChI=1S/C18H20ClFN2O4/c19-14-9-11(1-4-15(14)20)21-16(23)10-5-7-22(8-6-10)17(24)12-2-3-13(12)18(25)26/h1,4,9-10,12-13H,2-3,5-8H2,(H,21,23)(H,25,26). The molecular weight excluding hydrogens is 363 g/mol. The summed E-state index contributed by atoms with van der Waals surface area (Å²) >= 11 is 5.71. The molecule has 1 aromatic rings. The number of aliphatic carboxylic acids is 1. The summed E-state index contributed by atoms with van der Waals surface area (Å²) in [6.07, 6.45) is 2.18. The van der Waals surface area contributed by atoms with Crippen molar-refractivity contribution in [1.82, 2.24) is 4.90 Å². The van der Waals surface area contributed by atoms with Crippen LogP contribution in [0.3, 0.4) is 0 Å². The number of carbonyl (C=O) groups excluding carboxylic acids is 2. The maximum absolute atomic E-state index is 13.2. The zero-order valence-corrected chi connectivity index (χ0v) is 14.8. The molecule has 3 rings (SSSR count). The number of nitrogens with zero attached hydrogens (tertiary/aromatic N) is 1. The minimum absolute atomic E-state index is 0.0586. The Bertz CT molecular complexity index is 734. The number of hydrogen-bond acceptors (Lipinski definition) is 3. The Hall–Kier alpha value is -2.15. The fourth-order valence-electron chi connectivity index (χ4n) is 3.51. The molecule has 1 saturated carbocycles. The largest absolute Gasteiger partial charge is 0.481 e. The number of hydrogen-bond donors (Lipinski definition) is 2. The molecule has 2 unspecified atom stereocenters. The van der Waals surface area contributed by atoms with E-state index in [1.165, 1.54) is 18.2 Å². The van der Waals surface area contributed by atoms with Crippen LogP contribution >= 0.6 is 11.6 Å². The number of nitrogens with one attached hydrogen (secondary N) is 1. The fraction of sp³-hybridized carbons (Fsp3) is 0.500. The molecule has 0 radical (unpaired) electrons. The van der Waals surface area contributed by atoms with Crippen LogP contribution in [0.1, 0.15) is 25.7 Å². The van der Waals surface area contributed by atoms with Gasteiger partial charge in [0.25, 0.3) is 0 Å². The van der Waals surface area contributed by atoms with E-state index < -0.39 is 23.6 Å². The highest BCUT2D eigenvalue weighted by atomic mass is 35.5. The lowest BCUT2D eigenvalue weighted by atomic mass is 9.72. The predicted molar refractivity (Wildman–Crippen MR) is 93.2 cm³/mol. The number of piperidine rings is 1. The number of carbonyl (C=O) groups is 3. The Morgan fingerprint density at radius 3 is 2.31 bits per heavy atom. The number of carboxylic acids is 1. The van der Waals surface area contributed by atoms with Gasteiger partial charge in [-0.15, -0.1) is 0 Å². The molecule has 1 aliphatic carbocycles. The number of benzene rings is 1. The van der Waals surface area contributed by atoms with E-state index in [1.54, 1.807) is 4.90 Å². The predicted octanol–water partition coefficient (Wildman–Crippen LogP) is 2.77. The lowest BCUT2D eigenvalue weighted by molar-refractivity contribution is -0.157. The highest BCUT2D eigenvalue weighted by Gasteiger charge is 2.43. The third-order valence-corrected chi connectivity index (χ3v) is 5.56. The summed E-state index contributed by atoms with van der Waals surface area (Å²) in [5.41, 5.74) is 0.429. The van der Waals surface area contributed by atoms with Gasteiger partial charge in [-0.1, -0.05) is 11.6 Å². The molecule has 8 heteroatoms. The van der Waals surface area contributed by atoms with Gasteiger partial charge in [0.2, 0.25) is 11.8 Å². The molecule has 1 heterocycles. The van der Waals surface area contributed by atoms with Gasteiger partial charge in [-0.2, -0.15) is 0 Å². The summed E-state index contributed by atoms with van der Waals surface area (Å²) < 4.78 is 13.2. The average Bonchev–Trinajstić information content (AvgIpc) is 2.56. The molecule has 2 amide bonds. The summed E-state index contributed by atoms with van der Waals surface area (Å²) in [5.74, 6) is -3.03. The van der Waals surface area contributed by atoms with E-state index in [0.717, 1.165) is 0 Å². The normalized spacial score (nSPS) is 23.2. The fourth-order valence-corrected chi connectivity index (χ4v) is 3.69. The topological polar surface area (TPSA) is 86.7 Å². The van der Waals surface area contributed by atoms with Crippen molar-refractivity contribution < 1.29 is 23.9 Å². The van der Waals surface area contributed by atoms with Crippen molar-refractivity contribution in [3.05, 3.63) is 29.0 Å². The average molecular weight is 383 g/mol. The number of carboxylic acid groups (broad SMARTS) is 1. The zero-order chi connectivity index (χ0) is 18.8. The van der Waals surface area contributed by atoms with Crippen molar-refractivity contribution in [2.45, 2.75) is 25.7 Å². The van der Waals surface area contributed by atoms with Crippen LogP contribution in [0.5, 0.6) is 0 Å². The molecular formula is C18H20ClFN2O4. The maximum Gasteiger partial charge on any atom is 0.307 e.